The average molecular weight is 350 g/mol. The van der Waals surface area contributed by atoms with Crippen molar-refractivity contribution in [3.63, 3.8) is 0 Å². The Morgan fingerprint density at radius 2 is 1.64 bits per heavy atom. The molecule has 1 aliphatic rings. The molecule has 2 heteroatoms. The fraction of sp³-hybridized carbons (Fsp3) is 0.100. The summed E-state index contributed by atoms with van der Waals surface area (Å²) in [5, 5.41) is 3.52. The minimum absolute atomic E-state index is 1.04. The highest BCUT2D eigenvalue weighted by atomic mass is 79.9. The molecule has 1 heterocycles. The molecule has 0 saturated heterocycles. The molecule has 3 aromatic carbocycles. The normalized spacial score (nSPS) is 12.8. The molecule has 0 radical (unpaired) electrons. The quantitative estimate of drug-likeness (QED) is 0.620. The van der Waals surface area contributed by atoms with Gasteiger partial charge in [0, 0.05) is 22.3 Å². The number of fused-ring (bicyclic) bond motifs is 1. The zero-order valence-corrected chi connectivity index (χ0v) is 13.7. The van der Waals surface area contributed by atoms with Crippen molar-refractivity contribution in [2.24, 2.45) is 0 Å². The van der Waals surface area contributed by atoms with Crippen LogP contribution in [-0.4, -0.2) is 6.54 Å². The van der Waals surface area contributed by atoms with Crippen LogP contribution in [-0.2, 0) is 6.42 Å². The van der Waals surface area contributed by atoms with Crippen LogP contribution >= 0.6 is 15.9 Å². The molecule has 0 saturated carbocycles. The first kappa shape index (κ1) is 13.6. The van der Waals surface area contributed by atoms with Crippen molar-refractivity contribution in [2.75, 3.05) is 11.9 Å². The Hall–Kier alpha value is -2.06. The summed E-state index contributed by atoms with van der Waals surface area (Å²) in [6.07, 6.45) is 1.12. The first-order valence-corrected chi connectivity index (χ1v) is 8.33. The molecule has 108 valence electrons. The SMILES string of the molecule is Brc1cc(-c2cccc3c2NCC3)ccc1-c1ccccc1. The summed E-state index contributed by atoms with van der Waals surface area (Å²) in [6.45, 7) is 1.04. The van der Waals surface area contributed by atoms with Gasteiger partial charge in [0.15, 0.2) is 0 Å². The monoisotopic (exact) mass is 349 g/mol. The van der Waals surface area contributed by atoms with Crippen molar-refractivity contribution < 1.29 is 0 Å². The summed E-state index contributed by atoms with van der Waals surface area (Å²) < 4.78 is 1.13. The molecule has 1 nitrogen and oxygen atoms in total. The van der Waals surface area contributed by atoms with Crippen LogP contribution < -0.4 is 5.32 Å². The zero-order valence-electron chi connectivity index (χ0n) is 12.1. The fourth-order valence-electron chi connectivity index (χ4n) is 3.11. The molecule has 4 rings (SSSR count). The van der Waals surface area contributed by atoms with Gasteiger partial charge in [0.05, 0.1) is 0 Å². The minimum atomic E-state index is 1.04. The van der Waals surface area contributed by atoms with Crippen LogP contribution in [0.2, 0.25) is 0 Å². The lowest BCUT2D eigenvalue weighted by Crippen LogP contribution is -1.93. The maximum absolute atomic E-state index is 3.74. The maximum atomic E-state index is 3.74. The molecule has 0 amide bonds. The van der Waals surface area contributed by atoms with Crippen molar-refractivity contribution in [3.05, 3.63) is 76.8 Å². The van der Waals surface area contributed by atoms with Gasteiger partial charge in [-0.2, -0.15) is 0 Å². The van der Waals surface area contributed by atoms with Gasteiger partial charge < -0.3 is 5.32 Å². The van der Waals surface area contributed by atoms with E-state index in [1.54, 1.807) is 0 Å². The summed E-state index contributed by atoms with van der Waals surface area (Å²) in [5.74, 6) is 0. The fourth-order valence-corrected chi connectivity index (χ4v) is 3.72. The second-order valence-corrected chi connectivity index (χ2v) is 6.43. The van der Waals surface area contributed by atoms with Crippen molar-refractivity contribution in [1.29, 1.82) is 0 Å². The van der Waals surface area contributed by atoms with Gasteiger partial charge in [-0.1, -0.05) is 76.6 Å². The first-order chi connectivity index (χ1) is 10.8. The second-order valence-electron chi connectivity index (χ2n) is 5.58. The Bertz CT molecular complexity index is 824. The van der Waals surface area contributed by atoms with Gasteiger partial charge >= 0.3 is 0 Å². The topological polar surface area (TPSA) is 12.0 Å². The molecular weight excluding hydrogens is 334 g/mol. The van der Waals surface area contributed by atoms with Crippen LogP contribution in [0, 0.1) is 0 Å². The van der Waals surface area contributed by atoms with Gasteiger partial charge in [0.2, 0.25) is 0 Å². The van der Waals surface area contributed by atoms with E-state index in [1.165, 1.54) is 33.5 Å². The van der Waals surface area contributed by atoms with E-state index in [0.29, 0.717) is 0 Å². The highest BCUT2D eigenvalue weighted by Crippen LogP contribution is 2.37. The van der Waals surface area contributed by atoms with Gasteiger partial charge in [-0.05, 0) is 34.7 Å². The first-order valence-electron chi connectivity index (χ1n) is 7.54. The summed E-state index contributed by atoms with van der Waals surface area (Å²) >= 11 is 3.74. The van der Waals surface area contributed by atoms with E-state index >= 15 is 0 Å². The number of hydrogen-bond donors (Lipinski definition) is 1. The molecule has 1 N–H and O–H groups in total. The van der Waals surface area contributed by atoms with Crippen LogP contribution in [0.25, 0.3) is 22.3 Å². The number of anilines is 1. The van der Waals surface area contributed by atoms with E-state index in [-0.39, 0.29) is 0 Å². The number of hydrogen-bond acceptors (Lipinski definition) is 1. The van der Waals surface area contributed by atoms with Gasteiger partial charge in [0.25, 0.3) is 0 Å². The predicted molar refractivity (Wildman–Crippen MR) is 97.2 cm³/mol. The summed E-state index contributed by atoms with van der Waals surface area (Å²) in [6, 6.07) is 23.7. The largest absolute Gasteiger partial charge is 0.384 e. The smallest absolute Gasteiger partial charge is 0.0453 e. The van der Waals surface area contributed by atoms with E-state index in [0.717, 1.165) is 17.4 Å². The molecular formula is C20H16BrN. The van der Waals surface area contributed by atoms with Crippen LogP contribution in [0.3, 0.4) is 0 Å². The molecule has 0 unspecified atom stereocenters. The third-order valence-corrected chi connectivity index (χ3v) is 4.87. The third kappa shape index (κ3) is 2.34. The molecule has 0 atom stereocenters. The summed E-state index contributed by atoms with van der Waals surface area (Å²) in [7, 11) is 0. The van der Waals surface area contributed by atoms with Gasteiger partial charge in [-0.3, -0.25) is 0 Å². The van der Waals surface area contributed by atoms with E-state index in [4.69, 9.17) is 0 Å². The highest BCUT2D eigenvalue weighted by molar-refractivity contribution is 9.10. The molecule has 0 bridgehead atoms. The van der Waals surface area contributed by atoms with Gasteiger partial charge in [-0.15, -0.1) is 0 Å². The summed E-state index contributed by atoms with van der Waals surface area (Å²) in [4.78, 5) is 0. The van der Waals surface area contributed by atoms with Crippen LogP contribution in [0.1, 0.15) is 5.56 Å². The predicted octanol–water partition coefficient (Wildman–Crippen LogP) is 5.75. The van der Waals surface area contributed by atoms with Crippen LogP contribution in [0.15, 0.2) is 71.2 Å². The van der Waals surface area contributed by atoms with E-state index < -0.39 is 0 Å². The van der Waals surface area contributed by atoms with E-state index in [2.05, 4.69) is 81.9 Å². The maximum Gasteiger partial charge on any atom is 0.0453 e. The second kappa shape index (κ2) is 5.62. The minimum Gasteiger partial charge on any atom is -0.384 e. The third-order valence-electron chi connectivity index (χ3n) is 4.21. The van der Waals surface area contributed by atoms with E-state index in [1.807, 2.05) is 6.07 Å². The van der Waals surface area contributed by atoms with Crippen LogP contribution in [0.4, 0.5) is 5.69 Å². The number of nitrogens with one attached hydrogen (secondary N) is 1. The Kier molecular flexibility index (Phi) is 3.47. The Morgan fingerprint density at radius 3 is 2.45 bits per heavy atom. The van der Waals surface area contributed by atoms with Crippen molar-refractivity contribution in [1.82, 2.24) is 0 Å². The number of benzene rings is 3. The van der Waals surface area contributed by atoms with Gasteiger partial charge in [-0.25, -0.2) is 0 Å². The molecule has 0 spiro atoms. The van der Waals surface area contributed by atoms with Crippen molar-refractivity contribution in [3.8, 4) is 22.3 Å². The van der Waals surface area contributed by atoms with Gasteiger partial charge in [0.1, 0.15) is 0 Å². The molecule has 0 fully saturated rings. The zero-order chi connectivity index (χ0) is 14.9. The number of para-hydroxylation sites is 1. The number of halogens is 1. The lowest BCUT2D eigenvalue weighted by Gasteiger charge is -2.12. The average Bonchev–Trinajstić information content (AvgIpc) is 3.04. The summed E-state index contributed by atoms with van der Waals surface area (Å²) in [5.41, 5.74) is 7.71. The molecule has 1 aliphatic heterocycles. The Labute approximate surface area is 139 Å². The lowest BCUT2D eigenvalue weighted by atomic mass is 9.98. The molecule has 0 aromatic heterocycles. The molecule has 22 heavy (non-hydrogen) atoms. The standard InChI is InChI=1S/C20H16BrN/c21-19-13-16(9-10-17(19)14-5-2-1-3-6-14)18-8-4-7-15-11-12-22-20(15)18/h1-10,13,22H,11-12H2. The highest BCUT2D eigenvalue weighted by Gasteiger charge is 2.15. The van der Waals surface area contributed by atoms with E-state index in [9.17, 15) is 0 Å². The molecule has 0 aliphatic carbocycles. The number of rotatable bonds is 2. The van der Waals surface area contributed by atoms with Crippen LogP contribution in [0.5, 0.6) is 0 Å². The van der Waals surface area contributed by atoms with Crippen molar-refractivity contribution in [2.45, 2.75) is 6.42 Å². The van der Waals surface area contributed by atoms with Crippen molar-refractivity contribution >= 4 is 21.6 Å². The Balaban J connectivity index is 1.80. The molecule has 3 aromatic rings. The Morgan fingerprint density at radius 1 is 0.773 bits per heavy atom. The lowest BCUT2D eigenvalue weighted by molar-refractivity contribution is 1.11.